The summed E-state index contributed by atoms with van der Waals surface area (Å²) in [4.78, 5) is 10.0. The van der Waals surface area contributed by atoms with Crippen molar-refractivity contribution in [2.24, 2.45) is 0 Å². The molecule has 52 valence electrons. The molecule has 0 rings (SSSR count). The molecular weight excluding hydrogens is 144 g/mol. The van der Waals surface area contributed by atoms with E-state index in [1.54, 1.807) is 0 Å². The highest BCUT2D eigenvalue weighted by atomic mass is 32.2. The Morgan fingerprint density at radius 1 is 1.56 bits per heavy atom. The lowest BCUT2D eigenvalue weighted by Gasteiger charge is -1.79. The molecule has 0 amide bonds. The summed E-state index contributed by atoms with van der Waals surface area (Å²) in [6.07, 6.45) is 0.773. The molecule has 0 spiro atoms. The third-order valence-electron chi connectivity index (χ3n) is 0.475. The van der Waals surface area contributed by atoms with Gasteiger partial charge in [-0.15, -0.1) is 0 Å². The first-order valence-corrected chi connectivity index (χ1v) is 3.58. The van der Waals surface area contributed by atoms with E-state index in [1.807, 2.05) is 0 Å². The molecule has 0 atom stereocenters. The Hall–Kier alpha value is -0.680. The maximum atomic E-state index is 10.0. The summed E-state index contributed by atoms with van der Waals surface area (Å²) in [6.45, 7) is 1.18. The van der Waals surface area contributed by atoms with Crippen LogP contribution in [0.15, 0.2) is 11.5 Å². The van der Waals surface area contributed by atoms with Crippen molar-refractivity contribution in [1.82, 2.24) is 0 Å². The molecule has 0 aromatic heterocycles. The number of carbonyl (C=O) groups excluding carboxylic acids is 1. The Balaban J connectivity index is 4.21. The molecule has 9 heavy (non-hydrogen) atoms. The lowest BCUT2D eigenvalue weighted by Crippen LogP contribution is -1.91. The first-order chi connectivity index (χ1) is 3.92. The minimum Gasteiger partial charge on any atom is -0.295 e. The average Bonchev–Trinajstić information content (AvgIpc) is 1.59. The van der Waals surface area contributed by atoms with E-state index in [0.29, 0.717) is 5.41 Å². The molecule has 4 nitrogen and oxygen atoms in total. The topological polar surface area (TPSA) is 71.4 Å². The smallest absolute Gasteiger partial charge is 0.287 e. The van der Waals surface area contributed by atoms with Gasteiger partial charge in [-0.2, -0.15) is 8.42 Å². The van der Waals surface area contributed by atoms with Crippen LogP contribution in [-0.2, 0) is 14.9 Å². The monoisotopic (exact) mass is 150 g/mol. The van der Waals surface area contributed by atoms with Gasteiger partial charge in [0.15, 0.2) is 5.78 Å². The average molecular weight is 150 g/mol. The molecule has 0 aromatic carbocycles. The van der Waals surface area contributed by atoms with Gasteiger partial charge in [-0.05, 0) is 13.0 Å². The quantitative estimate of drug-likeness (QED) is 0.443. The van der Waals surface area contributed by atoms with Crippen LogP contribution < -0.4 is 0 Å². The highest BCUT2D eigenvalue weighted by Crippen LogP contribution is 1.84. The molecule has 0 aliphatic carbocycles. The van der Waals surface area contributed by atoms with Crippen LogP contribution in [0.3, 0.4) is 0 Å². The number of hydrogen-bond acceptors (Lipinski definition) is 3. The summed E-state index contributed by atoms with van der Waals surface area (Å²) >= 11 is 0. The molecule has 5 heteroatoms. The van der Waals surface area contributed by atoms with E-state index in [-0.39, 0.29) is 0 Å². The summed E-state index contributed by atoms with van der Waals surface area (Å²) in [5.74, 6) is -0.423. The van der Waals surface area contributed by atoms with Gasteiger partial charge in [0.1, 0.15) is 0 Å². The van der Waals surface area contributed by atoms with Crippen molar-refractivity contribution in [2.75, 3.05) is 0 Å². The molecule has 0 aromatic rings. The van der Waals surface area contributed by atoms with E-state index in [9.17, 15) is 13.2 Å². The molecule has 1 N–H and O–H groups in total. The molecule has 0 aliphatic heterocycles. The molecular formula is C4H6O4S. The molecule has 0 bridgehead atoms. The van der Waals surface area contributed by atoms with Gasteiger partial charge >= 0.3 is 0 Å². The first-order valence-electron chi connectivity index (χ1n) is 2.08. The van der Waals surface area contributed by atoms with Crippen molar-refractivity contribution < 1.29 is 17.8 Å². The molecule has 0 unspecified atom stereocenters. The third-order valence-corrected chi connectivity index (χ3v) is 0.955. The molecule has 0 fully saturated rings. The van der Waals surface area contributed by atoms with Crippen molar-refractivity contribution in [3.05, 3.63) is 11.5 Å². The van der Waals surface area contributed by atoms with E-state index >= 15 is 0 Å². The van der Waals surface area contributed by atoms with Gasteiger partial charge in [0.25, 0.3) is 10.1 Å². The maximum Gasteiger partial charge on any atom is 0.287 e. The van der Waals surface area contributed by atoms with Crippen molar-refractivity contribution in [3.63, 3.8) is 0 Å². The van der Waals surface area contributed by atoms with Crippen LogP contribution in [0.1, 0.15) is 6.92 Å². The zero-order valence-corrected chi connectivity index (χ0v) is 5.55. The fourth-order valence-corrected chi connectivity index (χ4v) is 0.545. The second-order valence-electron chi connectivity index (χ2n) is 1.43. The van der Waals surface area contributed by atoms with Crippen LogP contribution in [0.5, 0.6) is 0 Å². The third kappa shape index (κ3) is 7.32. The molecule has 0 radical (unpaired) electrons. The fraction of sp³-hybridized carbons (Fsp3) is 0.250. The Kier molecular flexibility index (Phi) is 2.54. The van der Waals surface area contributed by atoms with E-state index in [0.717, 1.165) is 6.08 Å². The second-order valence-corrected chi connectivity index (χ2v) is 2.73. The number of hydrogen-bond donors (Lipinski definition) is 1. The molecule has 0 heterocycles. The lowest BCUT2D eigenvalue weighted by molar-refractivity contribution is -0.112. The van der Waals surface area contributed by atoms with E-state index in [4.69, 9.17) is 4.55 Å². The van der Waals surface area contributed by atoms with Crippen molar-refractivity contribution in [2.45, 2.75) is 6.92 Å². The Morgan fingerprint density at radius 2 is 2.00 bits per heavy atom. The van der Waals surface area contributed by atoms with Crippen LogP contribution in [0.4, 0.5) is 0 Å². The van der Waals surface area contributed by atoms with Gasteiger partial charge < -0.3 is 0 Å². The maximum absolute atomic E-state index is 10.0. The zero-order valence-electron chi connectivity index (χ0n) is 4.73. The molecule has 0 saturated carbocycles. The SMILES string of the molecule is CC(=O)/C=C/S(=O)(=O)O. The van der Waals surface area contributed by atoms with Crippen molar-refractivity contribution >= 4 is 15.9 Å². The number of carbonyl (C=O) groups is 1. The summed E-state index contributed by atoms with van der Waals surface area (Å²) in [7, 11) is -4.12. The molecule has 0 aliphatic rings. The second kappa shape index (κ2) is 2.75. The minimum absolute atomic E-state index is 0.423. The number of rotatable bonds is 2. The van der Waals surface area contributed by atoms with E-state index < -0.39 is 15.9 Å². The number of allylic oxidation sites excluding steroid dienone is 1. The summed E-state index contributed by atoms with van der Waals surface area (Å²) in [5, 5.41) is 0.440. The van der Waals surface area contributed by atoms with Crippen LogP contribution in [0.25, 0.3) is 0 Å². The van der Waals surface area contributed by atoms with Crippen molar-refractivity contribution in [3.8, 4) is 0 Å². The predicted molar refractivity (Wildman–Crippen MR) is 31.4 cm³/mol. The summed E-state index contributed by atoms with van der Waals surface area (Å²) < 4.78 is 27.7. The Morgan fingerprint density at radius 3 is 2.11 bits per heavy atom. The van der Waals surface area contributed by atoms with Gasteiger partial charge in [0, 0.05) is 0 Å². The Labute approximate surface area is 52.9 Å². The van der Waals surface area contributed by atoms with E-state index in [1.165, 1.54) is 6.92 Å². The normalized spacial score (nSPS) is 12.2. The first kappa shape index (κ1) is 8.32. The van der Waals surface area contributed by atoms with Crippen LogP contribution in [-0.4, -0.2) is 18.8 Å². The van der Waals surface area contributed by atoms with Gasteiger partial charge in [0.2, 0.25) is 0 Å². The fourth-order valence-electron chi connectivity index (χ4n) is 0.182. The van der Waals surface area contributed by atoms with Crippen LogP contribution in [0, 0.1) is 0 Å². The minimum atomic E-state index is -4.12. The Bertz CT molecular complexity index is 223. The highest BCUT2D eigenvalue weighted by molar-refractivity contribution is 7.88. The largest absolute Gasteiger partial charge is 0.295 e. The van der Waals surface area contributed by atoms with Gasteiger partial charge in [-0.3, -0.25) is 9.35 Å². The van der Waals surface area contributed by atoms with Crippen LogP contribution in [0.2, 0.25) is 0 Å². The highest BCUT2D eigenvalue weighted by Gasteiger charge is 1.94. The van der Waals surface area contributed by atoms with Gasteiger partial charge in [-0.25, -0.2) is 0 Å². The number of ketones is 1. The molecule has 0 saturated heterocycles. The van der Waals surface area contributed by atoms with E-state index in [2.05, 4.69) is 0 Å². The lowest BCUT2D eigenvalue weighted by atomic mass is 10.5. The standard InChI is InChI=1S/C4H6O4S/c1-4(5)2-3-9(6,7)8/h2-3H,1H3,(H,6,7,8)/b3-2+. The summed E-state index contributed by atoms with van der Waals surface area (Å²) in [6, 6.07) is 0. The van der Waals surface area contributed by atoms with Gasteiger partial charge in [0.05, 0.1) is 5.41 Å². The zero-order chi connectivity index (χ0) is 7.49. The predicted octanol–water partition coefficient (Wildman–Crippen LogP) is -0.0231. The van der Waals surface area contributed by atoms with Crippen LogP contribution >= 0.6 is 0 Å². The summed E-state index contributed by atoms with van der Waals surface area (Å²) in [5.41, 5.74) is 0. The van der Waals surface area contributed by atoms with Crippen molar-refractivity contribution in [1.29, 1.82) is 0 Å². The van der Waals surface area contributed by atoms with Gasteiger partial charge in [-0.1, -0.05) is 0 Å².